The number of anilines is 1. The first-order valence-electron chi connectivity index (χ1n) is 5.84. The second-order valence-electron chi connectivity index (χ2n) is 4.02. The smallest absolute Gasteiger partial charge is 0.372 e. The highest BCUT2D eigenvalue weighted by molar-refractivity contribution is 6.00. The van der Waals surface area contributed by atoms with Gasteiger partial charge in [-0.05, 0) is 25.1 Å². The summed E-state index contributed by atoms with van der Waals surface area (Å²) < 4.78 is 42.8. The van der Waals surface area contributed by atoms with Gasteiger partial charge in [0.15, 0.2) is 5.82 Å². The van der Waals surface area contributed by atoms with E-state index in [1.54, 1.807) is 6.92 Å². The molecule has 1 heterocycles. The number of halogens is 3. The summed E-state index contributed by atoms with van der Waals surface area (Å²) in [4.78, 5) is 11.5. The molecule has 0 radical (unpaired) electrons. The predicted octanol–water partition coefficient (Wildman–Crippen LogP) is 2.56. The van der Waals surface area contributed by atoms with E-state index in [0.29, 0.717) is 12.1 Å². The quantitative estimate of drug-likeness (QED) is 0.908. The van der Waals surface area contributed by atoms with Gasteiger partial charge < -0.3 is 10.1 Å². The molecule has 0 aliphatic rings. The van der Waals surface area contributed by atoms with E-state index in [1.165, 1.54) is 6.07 Å². The number of aromatic nitrogens is 2. The van der Waals surface area contributed by atoms with Gasteiger partial charge in [0, 0.05) is 12.0 Å². The third-order valence-corrected chi connectivity index (χ3v) is 2.59. The Balaban J connectivity index is 2.28. The number of amides is 1. The normalized spacial score (nSPS) is 11.8. The zero-order valence-corrected chi connectivity index (χ0v) is 10.5. The minimum atomic E-state index is -4.45. The molecule has 0 fully saturated rings. The molecule has 8 heteroatoms. The highest BCUT2D eigenvalue weighted by Crippen LogP contribution is 2.32. The molecule has 0 bridgehead atoms. The van der Waals surface area contributed by atoms with Crippen LogP contribution in [-0.2, 0) is 15.7 Å². The van der Waals surface area contributed by atoms with E-state index in [1.807, 2.05) is 0 Å². The molecule has 0 aliphatic heterocycles. The molecule has 1 amide bonds. The van der Waals surface area contributed by atoms with Crippen LogP contribution in [0, 0.1) is 0 Å². The van der Waals surface area contributed by atoms with Crippen molar-refractivity contribution in [1.29, 1.82) is 0 Å². The second-order valence-corrected chi connectivity index (χ2v) is 4.02. The minimum Gasteiger partial charge on any atom is -0.372 e. The number of H-pyrrole nitrogens is 1. The number of ether oxygens (including phenoxy) is 1. The Morgan fingerprint density at radius 1 is 1.45 bits per heavy atom. The topological polar surface area (TPSA) is 67.0 Å². The van der Waals surface area contributed by atoms with Gasteiger partial charge in [-0.2, -0.15) is 18.3 Å². The lowest BCUT2D eigenvalue weighted by Crippen LogP contribution is -2.18. The highest BCUT2D eigenvalue weighted by atomic mass is 19.4. The molecule has 2 rings (SSSR count). The zero-order valence-electron chi connectivity index (χ0n) is 10.5. The van der Waals surface area contributed by atoms with Gasteiger partial charge in [0.25, 0.3) is 5.91 Å². The molecular weight excluding hydrogens is 275 g/mol. The fourth-order valence-electron chi connectivity index (χ4n) is 1.65. The van der Waals surface area contributed by atoms with Crippen molar-refractivity contribution < 1.29 is 22.7 Å². The van der Waals surface area contributed by atoms with Crippen LogP contribution in [0.1, 0.15) is 12.5 Å². The van der Waals surface area contributed by atoms with Gasteiger partial charge in [-0.1, -0.05) is 0 Å². The van der Waals surface area contributed by atoms with Crippen LogP contribution in [-0.4, -0.2) is 29.3 Å². The number of aromatic amines is 1. The Morgan fingerprint density at radius 3 is 2.85 bits per heavy atom. The molecule has 0 spiro atoms. The first-order valence-corrected chi connectivity index (χ1v) is 5.84. The maximum atomic E-state index is 12.6. The fourth-order valence-corrected chi connectivity index (χ4v) is 1.65. The molecule has 5 nitrogen and oxygen atoms in total. The van der Waals surface area contributed by atoms with Crippen LogP contribution in [0.5, 0.6) is 0 Å². The molecule has 20 heavy (non-hydrogen) atoms. The molecule has 0 saturated carbocycles. The second kappa shape index (κ2) is 5.49. The Hall–Kier alpha value is -2.09. The van der Waals surface area contributed by atoms with Gasteiger partial charge in [-0.15, -0.1) is 0 Å². The number of nitrogens with zero attached hydrogens (tertiary/aromatic N) is 1. The molecule has 1 aromatic carbocycles. The van der Waals surface area contributed by atoms with E-state index in [-0.39, 0.29) is 17.8 Å². The third kappa shape index (κ3) is 3.08. The molecule has 2 N–H and O–H groups in total. The Labute approximate surface area is 112 Å². The zero-order chi connectivity index (χ0) is 14.8. The summed E-state index contributed by atoms with van der Waals surface area (Å²) in [7, 11) is 0. The largest absolute Gasteiger partial charge is 0.416 e. The first-order chi connectivity index (χ1) is 9.41. The van der Waals surface area contributed by atoms with Crippen LogP contribution in [0.4, 0.5) is 19.0 Å². The number of carbonyl (C=O) groups is 1. The summed E-state index contributed by atoms with van der Waals surface area (Å²) >= 11 is 0. The summed E-state index contributed by atoms with van der Waals surface area (Å²) in [6, 6.07) is 3.16. The Kier molecular flexibility index (Phi) is 3.93. The molecule has 0 saturated heterocycles. The average Bonchev–Trinajstić information content (AvgIpc) is 2.78. The number of benzene rings is 1. The number of hydrogen-bond donors (Lipinski definition) is 2. The molecule has 2 aromatic rings. The third-order valence-electron chi connectivity index (χ3n) is 2.59. The highest BCUT2D eigenvalue weighted by Gasteiger charge is 2.31. The first kappa shape index (κ1) is 14.3. The van der Waals surface area contributed by atoms with Gasteiger partial charge in [0.1, 0.15) is 6.61 Å². The lowest BCUT2D eigenvalue weighted by molar-refractivity contribution is -0.137. The summed E-state index contributed by atoms with van der Waals surface area (Å²) in [6.07, 6.45) is -4.45. The van der Waals surface area contributed by atoms with Crippen molar-refractivity contribution in [3.05, 3.63) is 23.8 Å². The van der Waals surface area contributed by atoms with Crippen molar-refractivity contribution in [2.24, 2.45) is 0 Å². The number of rotatable bonds is 4. The maximum absolute atomic E-state index is 12.6. The molecule has 108 valence electrons. The van der Waals surface area contributed by atoms with E-state index in [0.717, 1.165) is 12.1 Å². The standard InChI is InChI=1S/C12H12F3N3O2/c1-2-20-6-10(19)16-11-8-5-7(12(13,14)15)3-4-9(8)17-18-11/h3-5H,2,6H2,1H3,(H2,16,17,18,19). The van der Waals surface area contributed by atoms with Gasteiger partial charge >= 0.3 is 6.18 Å². The van der Waals surface area contributed by atoms with Gasteiger partial charge in [0.05, 0.1) is 11.1 Å². The van der Waals surface area contributed by atoms with Crippen LogP contribution in [0.2, 0.25) is 0 Å². The lowest BCUT2D eigenvalue weighted by Gasteiger charge is -2.07. The van der Waals surface area contributed by atoms with E-state index >= 15 is 0 Å². The van der Waals surface area contributed by atoms with Crippen LogP contribution < -0.4 is 5.32 Å². The lowest BCUT2D eigenvalue weighted by atomic mass is 10.1. The summed E-state index contributed by atoms with van der Waals surface area (Å²) in [5, 5.41) is 8.95. The van der Waals surface area contributed by atoms with Crippen LogP contribution in [0.3, 0.4) is 0 Å². The molecule has 0 atom stereocenters. The monoisotopic (exact) mass is 287 g/mol. The van der Waals surface area contributed by atoms with Gasteiger partial charge in [0.2, 0.25) is 0 Å². The number of alkyl halides is 3. The van der Waals surface area contributed by atoms with Crippen LogP contribution in [0.25, 0.3) is 10.9 Å². The number of nitrogens with one attached hydrogen (secondary N) is 2. The van der Waals surface area contributed by atoms with E-state index in [9.17, 15) is 18.0 Å². The molecule has 0 unspecified atom stereocenters. The van der Waals surface area contributed by atoms with Crippen molar-refractivity contribution >= 4 is 22.6 Å². The van der Waals surface area contributed by atoms with Crippen molar-refractivity contribution in [3.8, 4) is 0 Å². The molecular formula is C12H12F3N3O2. The predicted molar refractivity (Wildman–Crippen MR) is 66.2 cm³/mol. The summed E-state index contributed by atoms with van der Waals surface area (Å²) in [5.41, 5.74) is -0.392. The van der Waals surface area contributed by atoms with E-state index in [4.69, 9.17) is 4.74 Å². The molecule has 0 aliphatic carbocycles. The SMILES string of the molecule is CCOCC(=O)Nc1n[nH]c2ccc(C(F)(F)F)cc12. The van der Waals surface area contributed by atoms with Crippen molar-refractivity contribution in [2.75, 3.05) is 18.5 Å². The van der Waals surface area contributed by atoms with Gasteiger partial charge in [-0.3, -0.25) is 9.89 Å². The number of fused-ring (bicyclic) bond motifs is 1. The van der Waals surface area contributed by atoms with Crippen molar-refractivity contribution in [2.45, 2.75) is 13.1 Å². The summed E-state index contributed by atoms with van der Waals surface area (Å²) in [5.74, 6) is -0.423. The van der Waals surface area contributed by atoms with E-state index < -0.39 is 17.6 Å². The Morgan fingerprint density at radius 2 is 2.20 bits per heavy atom. The Bertz CT molecular complexity index is 622. The van der Waals surface area contributed by atoms with Crippen molar-refractivity contribution in [3.63, 3.8) is 0 Å². The number of hydrogen-bond acceptors (Lipinski definition) is 3. The maximum Gasteiger partial charge on any atom is 0.416 e. The minimum absolute atomic E-state index is 0.0517. The van der Waals surface area contributed by atoms with E-state index in [2.05, 4.69) is 15.5 Å². The average molecular weight is 287 g/mol. The van der Waals surface area contributed by atoms with Gasteiger partial charge in [-0.25, -0.2) is 0 Å². The summed E-state index contributed by atoms with van der Waals surface area (Å²) in [6.45, 7) is 1.92. The van der Waals surface area contributed by atoms with Crippen molar-refractivity contribution in [1.82, 2.24) is 10.2 Å². The fraction of sp³-hybridized carbons (Fsp3) is 0.333. The van der Waals surface area contributed by atoms with Crippen LogP contribution >= 0.6 is 0 Å². The number of carbonyl (C=O) groups excluding carboxylic acids is 1. The molecule has 1 aromatic heterocycles. The van der Waals surface area contributed by atoms with Crippen LogP contribution in [0.15, 0.2) is 18.2 Å².